The molecule has 23 heavy (non-hydrogen) atoms. The summed E-state index contributed by atoms with van der Waals surface area (Å²) in [5.41, 5.74) is 1.13. The summed E-state index contributed by atoms with van der Waals surface area (Å²) in [4.78, 5) is 13.2. The van der Waals surface area contributed by atoms with E-state index in [2.05, 4.69) is 45.7 Å². The Balaban J connectivity index is 2.18. The van der Waals surface area contributed by atoms with Crippen molar-refractivity contribution in [1.82, 2.24) is 10.0 Å². The molecule has 0 spiro atoms. The molecule has 0 bridgehead atoms. The number of fused-ring (bicyclic) bond motifs is 1. The molecule has 0 saturated heterocycles. The van der Waals surface area contributed by atoms with Crippen LogP contribution in [-0.4, -0.2) is 41.2 Å². The normalized spacial score (nSPS) is 17.3. The van der Waals surface area contributed by atoms with E-state index in [-0.39, 0.29) is 17.9 Å². The molecule has 0 unspecified atom stereocenters. The van der Waals surface area contributed by atoms with Crippen molar-refractivity contribution in [3.63, 3.8) is 0 Å². The van der Waals surface area contributed by atoms with Crippen LogP contribution in [0.3, 0.4) is 0 Å². The third-order valence-electron chi connectivity index (χ3n) is 4.27. The van der Waals surface area contributed by atoms with E-state index in [0.29, 0.717) is 12.6 Å². The second-order valence-corrected chi connectivity index (χ2v) is 6.85. The third kappa shape index (κ3) is 4.05. The van der Waals surface area contributed by atoms with Crippen LogP contribution in [0.4, 0.5) is 0 Å². The van der Waals surface area contributed by atoms with Crippen LogP contribution in [0.2, 0.25) is 0 Å². The monoisotopic (exact) mass is 318 g/mol. The van der Waals surface area contributed by atoms with E-state index in [1.165, 1.54) is 0 Å². The van der Waals surface area contributed by atoms with Crippen LogP contribution in [0, 0.1) is 5.92 Å². The van der Waals surface area contributed by atoms with Gasteiger partial charge >= 0.3 is 0 Å². The average Bonchev–Trinajstić information content (AvgIpc) is 2.53. The zero-order chi connectivity index (χ0) is 17.0. The smallest absolute Gasteiger partial charge is 0.244 e. The van der Waals surface area contributed by atoms with Gasteiger partial charge in [-0.1, -0.05) is 25.1 Å². The maximum absolute atomic E-state index is 13.2. The molecule has 0 aromatic heterocycles. The fourth-order valence-electron chi connectivity index (χ4n) is 3.20. The number of rotatable bonds is 6. The minimum Gasteiger partial charge on any atom is -0.492 e. The number of hydrazine groups is 1. The lowest BCUT2D eigenvalue weighted by atomic mass is 9.95. The van der Waals surface area contributed by atoms with Crippen LogP contribution in [0.15, 0.2) is 24.3 Å². The summed E-state index contributed by atoms with van der Waals surface area (Å²) < 4.78 is 5.82. The lowest BCUT2D eigenvalue weighted by Gasteiger charge is -2.42. The van der Waals surface area contributed by atoms with Crippen molar-refractivity contribution in [2.45, 2.75) is 59.5 Å². The Morgan fingerprint density at radius 1 is 1.22 bits per heavy atom. The van der Waals surface area contributed by atoms with E-state index < -0.39 is 0 Å². The molecule has 0 radical (unpaired) electrons. The molecule has 1 aliphatic rings. The highest BCUT2D eigenvalue weighted by Crippen LogP contribution is 2.28. The molecule has 1 atom stereocenters. The first kappa shape index (κ1) is 17.8. The molecule has 4 nitrogen and oxygen atoms in total. The Kier molecular flexibility index (Phi) is 6.05. The number of hydrogen-bond acceptors (Lipinski definition) is 3. The highest BCUT2D eigenvalue weighted by atomic mass is 16.5. The molecule has 0 aliphatic carbocycles. The van der Waals surface area contributed by atoms with Gasteiger partial charge in [-0.2, -0.15) is 0 Å². The highest BCUT2D eigenvalue weighted by molar-refractivity contribution is 5.79. The number of carbonyl (C=O) groups excluding carboxylic acids is 1. The Hall–Kier alpha value is -1.55. The first-order valence-corrected chi connectivity index (χ1v) is 8.76. The topological polar surface area (TPSA) is 32.8 Å². The molecule has 2 rings (SSSR count). The van der Waals surface area contributed by atoms with Crippen LogP contribution >= 0.6 is 0 Å². The molecule has 1 amide bonds. The van der Waals surface area contributed by atoms with E-state index in [0.717, 1.165) is 30.7 Å². The zero-order valence-corrected chi connectivity index (χ0v) is 15.1. The van der Waals surface area contributed by atoms with Crippen LogP contribution in [0.5, 0.6) is 5.75 Å². The minimum atomic E-state index is -0.106. The van der Waals surface area contributed by atoms with Gasteiger partial charge in [0, 0.05) is 18.6 Å². The first-order chi connectivity index (χ1) is 11.0. The van der Waals surface area contributed by atoms with E-state index in [1.54, 1.807) is 0 Å². The van der Waals surface area contributed by atoms with Crippen molar-refractivity contribution in [1.29, 1.82) is 0 Å². The largest absolute Gasteiger partial charge is 0.492 e. The molecule has 128 valence electrons. The van der Waals surface area contributed by atoms with Gasteiger partial charge < -0.3 is 4.74 Å². The molecule has 1 heterocycles. The summed E-state index contributed by atoms with van der Waals surface area (Å²) in [6, 6.07) is 8.47. The van der Waals surface area contributed by atoms with Crippen molar-refractivity contribution in [2.24, 2.45) is 5.92 Å². The number of benzene rings is 1. The van der Waals surface area contributed by atoms with Crippen molar-refractivity contribution in [2.75, 3.05) is 13.2 Å². The van der Waals surface area contributed by atoms with Crippen LogP contribution in [0.1, 0.15) is 46.6 Å². The molecular formula is C19H30N2O2. The van der Waals surface area contributed by atoms with Crippen molar-refractivity contribution >= 4 is 5.91 Å². The number of hydrogen-bond donors (Lipinski definition) is 0. The van der Waals surface area contributed by atoms with Crippen LogP contribution < -0.4 is 4.74 Å². The van der Waals surface area contributed by atoms with E-state index in [1.807, 2.05) is 23.2 Å². The predicted molar refractivity (Wildman–Crippen MR) is 93.2 cm³/mol. The van der Waals surface area contributed by atoms with Gasteiger partial charge in [0.2, 0.25) is 5.91 Å². The van der Waals surface area contributed by atoms with Gasteiger partial charge in [-0.3, -0.25) is 9.80 Å². The molecular weight excluding hydrogens is 288 g/mol. The molecule has 0 fully saturated rings. The van der Waals surface area contributed by atoms with Crippen LogP contribution in [0.25, 0.3) is 0 Å². The zero-order valence-electron chi connectivity index (χ0n) is 15.1. The second kappa shape index (κ2) is 7.82. The highest BCUT2D eigenvalue weighted by Gasteiger charge is 2.34. The van der Waals surface area contributed by atoms with Gasteiger partial charge in [-0.15, -0.1) is 0 Å². The quantitative estimate of drug-likeness (QED) is 0.753. The van der Waals surface area contributed by atoms with Gasteiger partial charge in [0.15, 0.2) is 0 Å². The third-order valence-corrected chi connectivity index (χ3v) is 4.27. The Bertz CT molecular complexity index is 528. The van der Waals surface area contributed by atoms with Gasteiger partial charge in [0.25, 0.3) is 0 Å². The summed E-state index contributed by atoms with van der Waals surface area (Å²) in [6.45, 7) is 12.0. The molecule has 1 aliphatic heterocycles. The summed E-state index contributed by atoms with van der Waals surface area (Å²) >= 11 is 0. The number of para-hydroxylation sites is 1. The van der Waals surface area contributed by atoms with Gasteiger partial charge in [0.05, 0.1) is 5.92 Å². The van der Waals surface area contributed by atoms with Gasteiger partial charge in [-0.05, 0) is 52.2 Å². The Morgan fingerprint density at radius 3 is 2.52 bits per heavy atom. The standard InChI is InChI=1S/C19H30N2O2/c1-6-11-20(14(2)3)21(15(4)5)19(22)17-12-16-9-7-8-10-18(16)23-13-17/h7-10,14-15,17H,6,11-13H2,1-5H3/t17-/m1/s1. The van der Waals surface area contributed by atoms with Crippen molar-refractivity contribution in [3.05, 3.63) is 29.8 Å². The maximum atomic E-state index is 13.2. The van der Waals surface area contributed by atoms with Gasteiger partial charge in [0.1, 0.15) is 12.4 Å². The number of nitrogens with zero attached hydrogens (tertiary/aromatic N) is 2. The summed E-state index contributed by atoms with van der Waals surface area (Å²) in [7, 11) is 0. The van der Waals surface area contributed by atoms with E-state index in [4.69, 9.17) is 4.74 Å². The second-order valence-electron chi connectivity index (χ2n) is 6.85. The molecule has 0 N–H and O–H groups in total. The van der Waals surface area contributed by atoms with Crippen molar-refractivity contribution < 1.29 is 9.53 Å². The SMILES string of the molecule is CCCN(C(C)C)N(C(=O)[C@H]1COc2ccccc2C1)C(C)C. The molecule has 0 saturated carbocycles. The fourth-order valence-corrected chi connectivity index (χ4v) is 3.20. The fraction of sp³-hybridized carbons (Fsp3) is 0.632. The number of amides is 1. The summed E-state index contributed by atoms with van der Waals surface area (Å²) in [5, 5.41) is 4.16. The number of ether oxygens (including phenoxy) is 1. The minimum absolute atomic E-state index is 0.106. The van der Waals surface area contributed by atoms with E-state index in [9.17, 15) is 4.79 Å². The van der Waals surface area contributed by atoms with Crippen molar-refractivity contribution in [3.8, 4) is 5.75 Å². The molecule has 1 aromatic rings. The lowest BCUT2D eigenvalue weighted by molar-refractivity contribution is -0.164. The number of carbonyl (C=O) groups is 1. The summed E-state index contributed by atoms with van der Waals surface area (Å²) in [6.07, 6.45) is 1.79. The van der Waals surface area contributed by atoms with Crippen LogP contribution in [-0.2, 0) is 11.2 Å². The average molecular weight is 318 g/mol. The Morgan fingerprint density at radius 2 is 1.91 bits per heavy atom. The first-order valence-electron chi connectivity index (χ1n) is 8.76. The van der Waals surface area contributed by atoms with E-state index >= 15 is 0 Å². The Labute approximate surface area is 140 Å². The molecule has 1 aromatic carbocycles. The maximum Gasteiger partial charge on any atom is 0.244 e. The van der Waals surface area contributed by atoms with Gasteiger partial charge in [-0.25, -0.2) is 5.01 Å². The predicted octanol–water partition coefficient (Wildman–Crippen LogP) is 3.51. The lowest BCUT2D eigenvalue weighted by Crippen LogP contribution is -2.56. The summed E-state index contributed by atoms with van der Waals surface area (Å²) in [5.74, 6) is 0.990. The molecule has 4 heteroatoms.